The fourth-order valence-corrected chi connectivity index (χ4v) is 1.53. The van der Waals surface area contributed by atoms with Gasteiger partial charge in [0.05, 0.1) is 23.0 Å². The summed E-state index contributed by atoms with van der Waals surface area (Å²) in [5.74, 6) is 0.430. The lowest BCUT2D eigenvalue weighted by Gasteiger charge is -2.02. The minimum absolute atomic E-state index is 0.430. The number of aryl methyl sites for hydroxylation is 1. The molecule has 0 spiro atoms. The van der Waals surface area contributed by atoms with Crippen LogP contribution in [0.5, 0.6) is 0 Å². The first-order chi connectivity index (χ1) is 7.29. The molecule has 0 atom stereocenters. The van der Waals surface area contributed by atoms with Gasteiger partial charge in [0.15, 0.2) is 0 Å². The normalized spacial score (nSPS) is 10.3. The fraction of sp³-hybridized carbons (Fsp3) is 0.167. The van der Waals surface area contributed by atoms with Crippen molar-refractivity contribution in [3.63, 3.8) is 0 Å². The van der Waals surface area contributed by atoms with Crippen LogP contribution in [0.3, 0.4) is 0 Å². The number of alkyl halides is 1. The van der Waals surface area contributed by atoms with E-state index in [2.05, 4.69) is 9.97 Å². The lowest BCUT2D eigenvalue weighted by atomic mass is 10.2. The zero-order valence-electron chi connectivity index (χ0n) is 8.44. The van der Waals surface area contributed by atoms with Crippen LogP contribution in [0, 0.1) is 6.92 Å². The summed E-state index contributed by atoms with van der Waals surface area (Å²) in [7, 11) is 0. The summed E-state index contributed by atoms with van der Waals surface area (Å²) in [5, 5.41) is 0. The Morgan fingerprint density at radius 2 is 1.67 bits per heavy atom. The molecular weight excluding hydrogens is 208 g/mol. The predicted molar refractivity (Wildman–Crippen MR) is 61.8 cm³/mol. The van der Waals surface area contributed by atoms with Gasteiger partial charge in [-0.05, 0) is 31.2 Å². The molecule has 0 amide bonds. The van der Waals surface area contributed by atoms with Gasteiger partial charge in [0.25, 0.3) is 0 Å². The average molecular weight is 219 g/mol. The Hall–Kier alpha value is -1.41. The van der Waals surface area contributed by atoms with E-state index in [4.69, 9.17) is 11.6 Å². The van der Waals surface area contributed by atoms with Gasteiger partial charge in [-0.2, -0.15) is 0 Å². The van der Waals surface area contributed by atoms with Gasteiger partial charge in [-0.1, -0.05) is 12.1 Å². The van der Waals surface area contributed by atoms with Gasteiger partial charge in [0.1, 0.15) is 0 Å². The standard InChI is InChI=1S/C12H11ClN2/c1-9-4-2-6-11(14-9)12-7-3-5-10(8-13)15-12/h2-7H,8H2,1H3. The number of hydrogen-bond donors (Lipinski definition) is 0. The summed E-state index contributed by atoms with van der Waals surface area (Å²) in [4.78, 5) is 8.82. The predicted octanol–water partition coefficient (Wildman–Crippen LogP) is 3.19. The molecule has 0 radical (unpaired) electrons. The summed E-state index contributed by atoms with van der Waals surface area (Å²) in [6.07, 6.45) is 0. The third-order valence-electron chi connectivity index (χ3n) is 2.09. The molecule has 2 aromatic rings. The zero-order chi connectivity index (χ0) is 10.7. The van der Waals surface area contributed by atoms with Crippen molar-refractivity contribution in [1.82, 2.24) is 9.97 Å². The van der Waals surface area contributed by atoms with Crippen LogP contribution in [0.15, 0.2) is 36.4 Å². The molecule has 0 unspecified atom stereocenters. The van der Waals surface area contributed by atoms with Crippen LogP contribution < -0.4 is 0 Å². The SMILES string of the molecule is Cc1cccc(-c2cccc(CCl)n2)n1. The van der Waals surface area contributed by atoms with Gasteiger partial charge < -0.3 is 0 Å². The average Bonchev–Trinajstić information content (AvgIpc) is 2.29. The largest absolute Gasteiger partial charge is 0.251 e. The molecule has 0 N–H and O–H groups in total. The minimum Gasteiger partial charge on any atom is -0.251 e. The highest BCUT2D eigenvalue weighted by Gasteiger charge is 2.01. The second kappa shape index (κ2) is 4.41. The first-order valence-corrected chi connectivity index (χ1v) is 5.29. The van der Waals surface area contributed by atoms with Crippen LogP contribution in [0.1, 0.15) is 11.4 Å². The number of pyridine rings is 2. The number of hydrogen-bond acceptors (Lipinski definition) is 2. The number of rotatable bonds is 2. The Balaban J connectivity index is 2.44. The molecule has 2 aromatic heterocycles. The van der Waals surface area contributed by atoms with Gasteiger partial charge in [0.2, 0.25) is 0 Å². The number of halogens is 1. The number of aromatic nitrogens is 2. The van der Waals surface area contributed by atoms with E-state index < -0.39 is 0 Å². The van der Waals surface area contributed by atoms with E-state index in [1.165, 1.54) is 0 Å². The Bertz CT molecular complexity index is 469. The maximum absolute atomic E-state index is 5.73. The van der Waals surface area contributed by atoms with Crippen LogP contribution >= 0.6 is 11.6 Å². The molecule has 0 aliphatic rings. The van der Waals surface area contributed by atoms with Gasteiger partial charge in [-0.25, -0.2) is 4.98 Å². The van der Waals surface area contributed by atoms with E-state index in [1.807, 2.05) is 43.3 Å². The Morgan fingerprint density at radius 3 is 2.33 bits per heavy atom. The van der Waals surface area contributed by atoms with Gasteiger partial charge in [-0.3, -0.25) is 4.98 Å². The molecule has 76 valence electrons. The molecule has 2 heterocycles. The van der Waals surface area contributed by atoms with Gasteiger partial charge >= 0.3 is 0 Å². The van der Waals surface area contributed by atoms with Crippen molar-refractivity contribution in [3.05, 3.63) is 47.8 Å². The molecular formula is C12H11ClN2. The summed E-state index contributed by atoms with van der Waals surface area (Å²) in [6.45, 7) is 1.97. The third kappa shape index (κ3) is 2.34. The van der Waals surface area contributed by atoms with E-state index in [0.717, 1.165) is 22.8 Å². The summed E-state index contributed by atoms with van der Waals surface area (Å²) in [6, 6.07) is 11.7. The Labute approximate surface area is 94.0 Å². The first-order valence-electron chi connectivity index (χ1n) is 4.75. The molecule has 0 aromatic carbocycles. The fourth-order valence-electron chi connectivity index (χ4n) is 1.38. The van der Waals surface area contributed by atoms with Gasteiger partial charge in [0, 0.05) is 5.69 Å². The number of nitrogens with zero attached hydrogens (tertiary/aromatic N) is 2. The summed E-state index contributed by atoms with van der Waals surface area (Å²) >= 11 is 5.73. The smallest absolute Gasteiger partial charge is 0.0890 e. The lowest BCUT2D eigenvalue weighted by molar-refractivity contribution is 1.13. The van der Waals surface area contributed by atoms with Crippen molar-refractivity contribution in [2.24, 2.45) is 0 Å². The van der Waals surface area contributed by atoms with Crippen LogP contribution in [-0.2, 0) is 5.88 Å². The third-order valence-corrected chi connectivity index (χ3v) is 2.37. The highest BCUT2D eigenvalue weighted by molar-refractivity contribution is 6.16. The second-order valence-electron chi connectivity index (χ2n) is 3.31. The molecule has 0 fully saturated rings. The minimum atomic E-state index is 0.430. The molecule has 15 heavy (non-hydrogen) atoms. The zero-order valence-corrected chi connectivity index (χ0v) is 9.20. The first kappa shape index (κ1) is 10.1. The maximum Gasteiger partial charge on any atom is 0.0890 e. The molecule has 3 heteroatoms. The summed E-state index contributed by atoms with van der Waals surface area (Å²) in [5.41, 5.74) is 3.63. The Kier molecular flexibility index (Phi) is 2.97. The summed E-state index contributed by atoms with van der Waals surface area (Å²) < 4.78 is 0. The maximum atomic E-state index is 5.73. The molecule has 0 saturated carbocycles. The monoisotopic (exact) mass is 218 g/mol. The van der Waals surface area contributed by atoms with Crippen molar-refractivity contribution in [1.29, 1.82) is 0 Å². The van der Waals surface area contributed by atoms with E-state index >= 15 is 0 Å². The lowest BCUT2D eigenvalue weighted by Crippen LogP contribution is -1.92. The van der Waals surface area contributed by atoms with Crippen LogP contribution in [0.25, 0.3) is 11.4 Å². The van der Waals surface area contributed by atoms with E-state index in [0.29, 0.717) is 5.88 Å². The van der Waals surface area contributed by atoms with E-state index in [9.17, 15) is 0 Å². The molecule has 2 rings (SSSR count). The topological polar surface area (TPSA) is 25.8 Å². The van der Waals surface area contributed by atoms with E-state index in [1.54, 1.807) is 0 Å². The molecule has 0 bridgehead atoms. The van der Waals surface area contributed by atoms with Crippen molar-refractivity contribution >= 4 is 11.6 Å². The second-order valence-corrected chi connectivity index (χ2v) is 3.58. The van der Waals surface area contributed by atoms with Crippen molar-refractivity contribution in [2.75, 3.05) is 0 Å². The van der Waals surface area contributed by atoms with Crippen LogP contribution in [0.4, 0.5) is 0 Å². The quantitative estimate of drug-likeness (QED) is 0.724. The highest BCUT2D eigenvalue weighted by atomic mass is 35.5. The highest BCUT2D eigenvalue weighted by Crippen LogP contribution is 2.15. The molecule has 0 aliphatic heterocycles. The van der Waals surface area contributed by atoms with Crippen molar-refractivity contribution in [3.8, 4) is 11.4 Å². The molecule has 0 aliphatic carbocycles. The van der Waals surface area contributed by atoms with Crippen molar-refractivity contribution in [2.45, 2.75) is 12.8 Å². The molecule has 2 nitrogen and oxygen atoms in total. The van der Waals surface area contributed by atoms with E-state index in [-0.39, 0.29) is 0 Å². The van der Waals surface area contributed by atoms with Crippen molar-refractivity contribution < 1.29 is 0 Å². The van der Waals surface area contributed by atoms with Gasteiger partial charge in [-0.15, -0.1) is 11.6 Å². The Morgan fingerprint density at radius 1 is 1.00 bits per heavy atom. The van der Waals surface area contributed by atoms with Crippen LogP contribution in [0.2, 0.25) is 0 Å². The van der Waals surface area contributed by atoms with Crippen LogP contribution in [-0.4, -0.2) is 9.97 Å². The molecule has 0 saturated heterocycles.